The molecule has 0 radical (unpaired) electrons. The van der Waals surface area contributed by atoms with Crippen molar-refractivity contribution in [1.82, 2.24) is 5.32 Å². The van der Waals surface area contributed by atoms with E-state index < -0.39 is 5.51 Å². The molecule has 1 saturated carbocycles. The summed E-state index contributed by atoms with van der Waals surface area (Å²) in [5.41, 5.74) is -4.13. The van der Waals surface area contributed by atoms with E-state index in [9.17, 15) is 13.2 Å². The van der Waals surface area contributed by atoms with Gasteiger partial charge in [0, 0.05) is 23.7 Å². The van der Waals surface area contributed by atoms with Gasteiger partial charge in [0.2, 0.25) is 0 Å². The first-order valence-corrected chi connectivity index (χ1v) is 6.24. The fourth-order valence-corrected chi connectivity index (χ4v) is 2.40. The van der Waals surface area contributed by atoms with Crippen LogP contribution in [0.1, 0.15) is 20.3 Å². The van der Waals surface area contributed by atoms with Crippen LogP contribution in [0.5, 0.6) is 0 Å². The van der Waals surface area contributed by atoms with Crippen molar-refractivity contribution in [2.45, 2.75) is 37.2 Å². The van der Waals surface area contributed by atoms with Gasteiger partial charge in [0.05, 0.1) is 0 Å². The van der Waals surface area contributed by atoms with Gasteiger partial charge in [-0.05, 0) is 23.6 Å². The summed E-state index contributed by atoms with van der Waals surface area (Å²) in [4.78, 5) is 0. The number of nitrogens with one attached hydrogen (secondary N) is 1. The van der Waals surface area contributed by atoms with E-state index in [1.54, 1.807) is 0 Å². The highest BCUT2D eigenvalue weighted by Gasteiger charge is 2.46. The van der Waals surface area contributed by atoms with Crippen molar-refractivity contribution in [3.8, 4) is 0 Å². The second-order valence-electron chi connectivity index (χ2n) is 4.33. The van der Waals surface area contributed by atoms with Crippen LogP contribution < -0.4 is 5.32 Å². The van der Waals surface area contributed by atoms with E-state index in [2.05, 4.69) is 5.32 Å². The molecule has 1 aliphatic rings. The lowest BCUT2D eigenvalue weighted by Gasteiger charge is -2.49. The molecule has 1 rings (SSSR count). The maximum Gasteiger partial charge on any atom is 0.441 e. The van der Waals surface area contributed by atoms with E-state index in [1.165, 1.54) is 0 Å². The Bertz CT molecular complexity index is 220. The lowest BCUT2D eigenvalue weighted by molar-refractivity contribution is -0.0328. The van der Waals surface area contributed by atoms with Gasteiger partial charge in [0.25, 0.3) is 0 Å². The van der Waals surface area contributed by atoms with Crippen LogP contribution in [0.4, 0.5) is 13.2 Å². The number of thioether (sulfide) groups is 1. The normalized spacial score (nSPS) is 30.0. The minimum Gasteiger partial charge on any atom is -0.313 e. The van der Waals surface area contributed by atoms with Gasteiger partial charge in [0.15, 0.2) is 0 Å². The molecule has 2 unspecified atom stereocenters. The predicted molar refractivity (Wildman–Crippen MR) is 58.3 cm³/mol. The molecule has 0 saturated heterocycles. The molecule has 0 aliphatic heterocycles. The summed E-state index contributed by atoms with van der Waals surface area (Å²) >= 11 is 6.01. The van der Waals surface area contributed by atoms with Crippen molar-refractivity contribution in [3.63, 3.8) is 0 Å². The molecule has 0 heterocycles. The van der Waals surface area contributed by atoms with Crippen LogP contribution >= 0.6 is 23.4 Å². The third kappa shape index (κ3) is 3.71. The average molecular weight is 262 g/mol. The van der Waals surface area contributed by atoms with Crippen LogP contribution in [-0.4, -0.2) is 29.2 Å². The Morgan fingerprint density at radius 3 is 2.47 bits per heavy atom. The summed E-state index contributed by atoms with van der Waals surface area (Å²) in [5.74, 6) is 0.0586. The molecule has 0 aromatic carbocycles. The lowest BCUT2D eigenvalue weighted by Crippen LogP contribution is -2.58. The van der Waals surface area contributed by atoms with Crippen molar-refractivity contribution < 1.29 is 13.2 Å². The summed E-state index contributed by atoms with van der Waals surface area (Å²) in [7, 11) is 0. The fraction of sp³-hybridized carbons (Fsp3) is 1.00. The maximum absolute atomic E-state index is 11.8. The Kier molecular flexibility index (Phi) is 4.23. The van der Waals surface area contributed by atoms with E-state index in [0.29, 0.717) is 6.54 Å². The maximum atomic E-state index is 11.8. The van der Waals surface area contributed by atoms with E-state index in [0.717, 1.165) is 6.42 Å². The van der Waals surface area contributed by atoms with Crippen molar-refractivity contribution in [2.24, 2.45) is 5.41 Å². The number of alkyl halides is 4. The second kappa shape index (κ2) is 4.72. The van der Waals surface area contributed by atoms with Crippen molar-refractivity contribution in [1.29, 1.82) is 0 Å². The van der Waals surface area contributed by atoms with E-state index in [1.807, 2.05) is 13.8 Å². The number of halogens is 4. The zero-order valence-corrected chi connectivity index (χ0v) is 10.3. The molecule has 6 heteroatoms. The monoisotopic (exact) mass is 261 g/mol. The minimum atomic E-state index is -4.12. The lowest BCUT2D eigenvalue weighted by atomic mass is 9.67. The van der Waals surface area contributed by atoms with Crippen LogP contribution in [-0.2, 0) is 0 Å². The second-order valence-corrected chi connectivity index (χ2v) is 6.01. The average Bonchev–Trinajstić information content (AvgIpc) is 2.08. The van der Waals surface area contributed by atoms with Gasteiger partial charge in [-0.25, -0.2) is 0 Å². The van der Waals surface area contributed by atoms with Crippen molar-refractivity contribution >= 4 is 23.4 Å². The highest BCUT2D eigenvalue weighted by atomic mass is 35.5. The summed E-state index contributed by atoms with van der Waals surface area (Å²) in [6, 6.07) is 0.244. The molecule has 0 aromatic rings. The van der Waals surface area contributed by atoms with Crippen LogP contribution in [0, 0.1) is 5.41 Å². The van der Waals surface area contributed by atoms with Gasteiger partial charge in [-0.3, -0.25) is 0 Å². The summed E-state index contributed by atoms with van der Waals surface area (Å²) in [5, 5.41) is 3.24. The summed E-state index contributed by atoms with van der Waals surface area (Å²) in [6.07, 6.45) is 0.839. The highest BCUT2D eigenvalue weighted by molar-refractivity contribution is 8.00. The zero-order chi connectivity index (χ0) is 11.7. The van der Waals surface area contributed by atoms with E-state index >= 15 is 0 Å². The standard InChI is InChI=1S/C9H15ClF3NS/c1-8(2)6(10)5-7(8)14-3-4-15-9(11,12)13/h6-7,14H,3-5H2,1-2H3. The Labute approximate surface area is 97.1 Å². The first-order valence-electron chi connectivity index (χ1n) is 4.81. The summed E-state index contributed by atoms with van der Waals surface area (Å²) < 4.78 is 35.4. The topological polar surface area (TPSA) is 12.0 Å². The van der Waals surface area contributed by atoms with Gasteiger partial charge in [0.1, 0.15) is 0 Å². The van der Waals surface area contributed by atoms with Gasteiger partial charge in [-0.1, -0.05) is 13.8 Å². The molecule has 1 fully saturated rings. The van der Waals surface area contributed by atoms with Gasteiger partial charge < -0.3 is 5.32 Å². The molecule has 0 spiro atoms. The number of rotatable bonds is 4. The largest absolute Gasteiger partial charge is 0.441 e. The molecule has 0 amide bonds. The molecule has 1 nitrogen and oxygen atoms in total. The molecule has 0 aromatic heterocycles. The molecular formula is C9H15ClF3NS. The van der Waals surface area contributed by atoms with Crippen molar-refractivity contribution in [2.75, 3.05) is 12.3 Å². The van der Waals surface area contributed by atoms with Crippen LogP contribution in [0.25, 0.3) is 0 Å². The Balaban J connectivity index is 2.12. The summed E-state index contributed by atoms with van der Waals surface area (Å²) in [6.45, 7) is 4.44. The Morgan fingerprint density at radius 2 is 2.07 bits per heavy atom. The van der Waals surface area contributed by atoms with Gasteiger partial charge in [-0.2, -0.15) is 13.2 Å². The molecule has 90 valence electrons. The van der Waals surface area contributed by atoms with Crippen LogP contribution in [0.15, 0.2) is 0 Å². The fourth-order valence-electron chi connectivity index (χ4n) is 1.62. The Morgan fingerprint density at radius 1 is 1.47 bits per heavy atom. The first kappa shape index (κ1) is 13.5. The first-order chi connectivity index (χ1) is 6.73. The molecule has 1 N–H and O–H groups in total. The van der Waals surface area contributed by atoms with Crippen LogP contribution in [0.3, 0.4) is 0 Å². The van der Waals surface area contributed by atoms with Gasteiger partial charge in [-0.15, -0.1) is 11.6 Å². The third-order valence-corrected chi connectivity index (χ3v) is 4.38. The number of hydrogen-bond donors (Lipinski definition) is 1. The molecule has 15 heavy (non-hydrogen) atoms. The SMILES string of the molecule is CC1(C)C(Cl)CC1NCCSC(F)(F)F. The van der Waals surface area contributed by atoms with Gasteiger partial charge >= 0.3 is 5.51 Å². The van der Waals surface area contributed by atoms with E-state index in [-0.39, 0.29) is 34.3 Å². The molecule has 2 atom stereocenters. The van der Waals surface area contributed by atoms with E-state index in [4.69, 9.17) is 11.6 Å². The smallest absolute Gasteiger partial charge is 0.313 e. The zero-order valence-electron chi connectivity index (χ0n) is 8.70. The number of hydrogen-bond acceptors (Lipinski definition) is 2. The molecular weight excluding hydrogens is 247 g/mol. The predicted octanol–water partition coefficient (Wildman–Crippen LogP) is 3.23. The molecule has 1 aliphatic carbocycles. The highest BCUT2D eigenvalue weighted by Crippen LogP contribution is 2.44. The minimum absolute atomic E-state index is 0.00947. The Hall–Kier alpha value is 0.390. The van der Waals surface area contributed by atoms with Crippen molar-refractivity contribution in [3.05, 3.63) is 0 Å². The van der Waals surface area contributed by atoms with Crippen LogP contribution in [0.2, 0.25) is 0 Å². The third-order valence-electron chi connectivity index (χ3n) is 2.91. The quantitative estimate of drug-likeness (QED) is 0.616. The molecule has 0 bridgehead atoms.